The largest absolute Gasteiger partial charge is 3.00 e. The van der Waals surface area contributed by atoms with Crippen molar-refractivity contribution in [1.29, 1.82) is 0 Å². The van der Waals surface area contributed by atoms with Crippen LogP contribution in [0.25, 0.3) is 0 Å². The molecule has 0 spiro atoms. The van der Waals surface area contributed by atoms with Crippen molar-refractivity contribution in [3.05, 3.63) is 0 Å². The second-order valence-electron chi connectivity index (χ2n) is 2.04. The minimum atomic E-state index is -5.17. The Hall–Kier alpha value is 1.30. The molecule has 0 amide bonds. The van der Waals surface area contributed by atoms with Gasteiger partial charge in [-0.25, -0.2) is 0 Å². The summed E-state index contributed by atoms with van der Waals surface area (Å²) in [4.78, 5) is 0. The van der Waals surface area contributed by atoms with Crippen LogP contribution < -0.4 is 0 Å². The fourth-order valence-corrected chi connectivity index (χ4v) is 0. The zero-order valence-corrected chi connectivity index (χ0v) is 20.8. The Labute approximate surface area is 216 Å². The SMILES string of the molecule is O.O.O=S(=O)([O-])[O-].O=S(=O)([O-])[O-].O=S(=O)([O-])[O-].O=S(=O)([O-])[O-].O=S(=O)([O-])[O-].[Fe+3].[Fe+3].[Ni+2].[Ni+2]. The molecular formula is H4Fe2Ni2O22S5. The van der Waals surface area contributed by atoms with E-state index < -0.39 is 52.0 Å². The molecule has 0 atom stereocenters. The van der Waals surface area contributed by atoms with Gasteiger partial charge >= 0.3 is 67.1 Å². The average Bonchev–Trinajstić information content (AvgIpc) is 1.79. The van der Waals surface area contributed by atoms with Crippen LogP contribution in [0.1, 0.15) is 0 Å². The molecule has 0 saturated carbocycles. The quantitative estimate of drug-likeness (QED) is 0.126. The van der Waals surface area contributed by atoms with Crippen molar-refractivity contribution in [3.8, 4) is 0 Å². The molecular weight excluding hydrogens is 741 g/mol. The Morgan fingerprint density at radius 3 is 0.290 bits per heavy atom. The van der Waals surface area contributed by atoms with Gasteiger partial charge in [0.1, 0.15) is 0 Å². The maximum absolute atomic E-state index is 8.52. The van der Waals surface area contributed by atoms with Crippen molar-refractivity contribution < 1.29 is 166 Å². The second-order valence-corrected chi connectivity index (χ2v) is 6.12. The van der Waals surface area contributed by atoms with Crippen LogP contribution in [0.3, 0.4) is 0 Å². The predicted molar refractivity (Wildman–Crippen MR) is 59.6 cm³/mol. The van der Waals surface area contributed by atoms with Crippen molar-refractivity contribution in [2.45, 2.75) is 0 Å². The summed E-state index contributed by atoms with van der Waals surface area (Å²) in [7, 11) is -25.8. The van der Waals surface area contributed by atoms with Crippen LogP contribution in [0.5, 0.6) is 0 Å². The molecule has 0 bridgehead atoms. The third-order valence-corrected chi connectivity index (χ3v) is 0. The summed E-state index contributed by atoms with van der Waals surface area (Å²) >= 11 is 0. The van der Waals surface area contributed by atoms with Crippen LogP contribution in [0.4, 0.5) is 0 Å². The molecule has 0 unspecified atom stereocenters. The summed E-state index contributed by atoms with van der Waals surface area (Å²) in [6.45, 7) is 0. The Morgan fingerprint density at radius 1 is 0.290 bits per heavy atom. The first kappa shape index (κ1) is 69.7. The van der Waals surface area contributed by atoms with E-state index in [2.05, 4.69) is 0 Å². The summed E-state index contributed by atoms with van der Waals surface area (Å²) in [6, 6.07) is 0. The van der Waals surface area contributed by atoms with Gasteiger partial charge in [-0.2, -0.15) is 0 Å². The predicted octanol–water partition coefficient (Wildman–Crippen LogP) is -8.35. The Kier molecular flexibility index (Phi) is 66.0. The zero-order valence-electron chi connectivity index (χ0n) is 12.5. The molecule has 31 heteroatoms. The van der Waals surface area contributed by atoms with Crippen molar-refractivity contribution >= 4 is 52.0 Å². The molecule has 0 fully saturated rings. The molecule has 4 N–H and O–H groups in total. The molecule has 0 aliphatic rings. The zero-order chi connectivity index (χ0) is 22.5. The minimum Gasteiger partial charge on any atom is -0.759 e. The Bertz CT molecular complexity index is 630. The number of hydrogen-bond donors (Lipinski definition) is 0. The molecule has 0 heterocycles. The van der Waals surface area contributed by atoms with Gasteiger partial charge in [0.25, 0.3) is 0 Å². The van der Waals surface area contributed by atoms with E-state index in [9.17, 15) is 0 Å². The van der Waals surface area contributed by atoms with Crippen molar-refractivity contribution in [1.82, 2.24) is 0 Å². The third-order valence-electron chi connectivity index (χ3n) is 0. The average molecular weight is 745 g/mol. The van der Waals surface area contributed by atoms with Crippen LogP contribution >= 0.6 is 0 Å². The summed E-state index contributed by atoms with van der Waals surface area (Å²) in [5, 5.41) is 0. The van der Waals surface area contributed by atoms with Crippen molar-refractivity contribution in [2.24, 2.45) is 0 Å². The van der Waals surface area contributed by atoms with E-state index in [1.807, 2.05) is 0 Å². The smallest absolute Gasteiger partial charge is 0.759 e. The second kappa shape index (κ2) is 29.3. The van der Waals surface area contributed by atoms with Crippen LogP contribution in [0.15, 0.2) is 0 Å². The van der Waals surface area contributed by atoms with Gasteiger partial charge in [0.15, 0.2) is 0 Å². The summed E-state index contributed by atoms with van der Waals surface area (Å²) in [6.07, 6.45) is 0. The summed E-state index contributed by atoms with van der Waals surface area (Å²) in [5.74, 6) is 0. The first-order chi connectivity index (χ1) is 10.0. The van der Waals surface area contributed by atoms with E-state index in [-0.39, 0.29) is 78.1 Å². The molecule has 22 nitrogen and oxygen atoms in total. The molecule has 0 rings (SSSR count). The van der Waals surface area contributed by atoms with E-state index in [0.29, 0.717) is 0 Å². The Balaban J connectivity index is -0.0000000171. The van der Waals surface area contributed by atoms with E-state index in [0.717, 1.165) is 0 Å². The fourth-order valence-electron chi connectivity index (χ4n) is 0. The topological polar surface area (TPSA) is 464 Å². The first-order valence-electron chi connectivity index (χ1n) is 3.33. The molecule has 0 aliphatic heterocycles. The van der Waals surface area contributed by atoms with Gasteiger partial charge < -0.3 is 56.5 Å². The molecule has 0 saturated heterocycles. The molecule has 31 heavy (non-hydrogen) atoms. The maximum Gasteiger partial charge on any atom is 3.00 e. The maximum atomic E-state index is 8.52. The van der Waals surface area contributed by atoms with Crippen molar-refractivity contribution in [3.63, 3.8) is 0 Å². The molecule has 202 valence electrons. The van der Waals surface area contributed by atoms with Gasteiger partial charge in [0.2, 0.25) is 0 Å². The van der Waals surface area contributed by atoms with Gasteiger partial charge in [-0.3, -0.25) is 42.1 Å². The number of hydrogen-bond acceptors (Lipinski definition) is 20. The van der Waals surface area contributed by atoms with E-state index >= 15 is 0 Å². The third kappa shape index (κ3) is 16000. The van der Waals surface area contributed by atoms with Crippen molar-refractivity contribution in [2.75, 3.05) is 0 Å². The minimum absolute atomic E-state index is 0. The van der Waals surface area contributed by atoms with E-state index in [1.54, 1.807) is 0 Å². The van der Waals surface area contributed by atoms with Gasteiger partial charge in [-0.15, -0.1) is 0 Å². The van der Waals surface area contributed by atoms with Crippen LogP contribution in [0, 0.1) is 0 Å². The summed E-state index contributed by atoms with van der Waals surface area (Å²) in [5.41, 5.74) is 0. The summed E-state index contributed by atoms with van der Waals surface area (Å²) < 4.78 is 170. The fraction of sp³-hybridized carbons (Fsp3) is 0. The van der Waals surface area contributed by atoms with E-state index in [4.69, 9.17) is 87.6 Å². The standard InChI is InChI=1S/2Fe.2Ni.5H2O4S.2H2O/c;;;;5*1-5(2,3)4;;/h;;;;5*(H2,1,2,3,4);2*1H2/q2*+3;2*+2;;;;;;;/p-10. The van der Waals surface area contributed by atoms with Gasteiger partial charge in [-0.05, 0) is 0 Å². The molecule has 0 aromatic rings. The molecule has 0 aliphatic carbocycles. The van der Waals surface area contributed by atoms with Gasteiger partial charge in [0, 0.05) is 52.0 Å². The normalized spacial score (nSPS) is 9.35. The van der Waals surface area contributed by atoms with Gasteiger partial charge in [0.05, 0.1) is 0 Å². The van der Waals surface area contributed by atoms with E-state index in [1.165, 1.54) is 0 Å². The number of rotatable bonds is 0. The van der Waals surface area contributed by atoms with Crippen LogP contribution in [-0.4, -0.2) is 98.6 Å². The molecule has 0 aromatic heterocycles. The monoisotopic (exact) mass is 744 g/mol. The van der Waals surface area contributed by atoms with Crippen LogP contribution in [0.2, 0.25) is 0 Å². The van der Waals surface area contributed by atoms with Gasteiger partial charge in [-0.1, -0.05) is 0 Å². The molecule has 2 radical (unpaired) electrons. The van der Waals surface area contributed by atoms with Crippen LogP contribution in [-0.2, 0) is 119 Å². The first-order valence-corrected chi connectivity index (χ1v) is 10.0. The molecule has 0 aromatic carbocycles. The Morgan fingerprint density at radius 2 is 0.290 bits per heavy atom.